The van der Waals surface area contributed by atoms with Crippen molar-refractivity contribution in [2.75, 3.05) is 7.11 Å². The molecular weight excluding hydrogens is 152 g/mol. The van der Waals surface area contributed by atoms with Gasteiger partial charge in [0.05, 0.1) is 11.7 Å². The van der Waals surface area contributed by atoms with Gasteiger partial charge in [0.25, 0.3) is 0 Å². The van der Waals surface area contributed by atoms with Gasteiger partial charge in [-0.1, -0.05) is 18.9 Å². The Kier molecular flexibility index (Phi) is 3.29. The topological polar surface area (TPSA) is 29.5 Å². The van der Waals surface area contributed by atoms with Gasteiger partial charge in [-0.25, -0.2) is 0 Å². The van der Waals surface area contributed by atoms with E-state index in [4.69, 9.17) is 4.74 Å². The molecule has 1 rings (SSSR count). The Balaban J connectivity index is 2.58. The molecule has 0 spiro atoms. The molecule has 1 fully saturated rings. The van der Waals surface area contributed by atoms with Crippen molar-refractivity contribution in [3.8, 4) is 0 Å². The van der Waals surface area contributed by atoms with Crippen LogP contribution in [0.15, 0.2) is 12.7 Å². The van der Waals surface area contributed by atoms with Crippen molar-refractivity contribution in [1.29, 1.82) is 0 Å². The third kappa shape index (κ3) is 1.70. The van der Waals surface area contributed by atoms with Gasteiger partial charge in [-0.3, -0.25) is 0 Å². The summed E-state index contributed by atoms with van der Waals surface area (Å²) in [6, 6.07) is 0. The number of hydrogen-bond acceptors (Lipinski definition) is 2. The maximum absolute atomic E-state index is 9.80. The van der Waals surface area contributed by atoms with Crippen molar-refractivity contribution >= 4 is 0 Å². The monoisotopic (exact) mass is 170 g/mol. The fraction of sp³-hybridized carbons (Fsp3) is 0.800. The number of aliphatic hydroxyl groups excluding tert-OH is 1. The molecule has 0 aromatic heterocycles. The highest BCUT2D eigenvalue weighted by Gasteiger charge is 2.39. The summed E-state index contributed by atoms with van der Waals surface area (Å²) in [6.45, 7) is 3.62. The summed E-state index contributed by atoms with van der Waals surface area (Å²) in [7, 11) is 1.69. The number of rotatable bonds is 4. The van der Waals surface area contributed by atoms with Gasteiger partial charge in [0, 0.05) is 7.11 Å². The first-order valence-corrected chi connectivity index (χ1v) is 4.59. The molecule has 1 aliphatic rings. The van der Waals surface area contributed by atoms with E-state index in [0.29, 0.717) is 6.42 Å². The van der Waals surface area contributed by atoms with E-state index in [1.54, 1.807) is 13.2 Å². The number of hydrogen-bond donors (Lipinski definition) is 1. The van der Waals surface area contributed by atoms with E-state index < -0.39 is 0 Å². The van der Waals surface area contributed by atoms with Gasteiger partial charge in [-0.15, -0.1) is 6.58 Å². The lowest BCUT2D eigenvalue weighted by Gasteiger charge is -2.32. The Labute approximate surface area is 74.2 Å². The summed E-state index contributed by atoms with van der Waals surface area (Å²) < 4.78 is 5.42. The molecule has 0 radical (unpaired) electrons. The first kappa shape index (κ1) is 9.75. The van der Waals surface area contributed by atoms with Gasteiger partial charge in [-0.05, 0) is 19.3 Å². The highest BCUT2D eigenvalue weighted by atomic mass is 16.5. The van der Waals surface area contributed by atoms with Crippen LogP contribution < -0.4 is 0 Å². The third-order valence-electron chi connectivity index (χ3n) is 2.85. The molecule has 0 aromatic carbocycles. The number of ether oxygens (including phenoxy) is 1. The second-order valence-electron chi connectivity index (χ2n) is 3.52. The molecule has 1 saturated carbocycles. The average Bonchev–Trinajstić information content (AvgIpc) is 2.54. The van der Waals surface area contributed by atoms with Crippen LogP contribution in [-0.2, 0) is 4.74 Å². The maximum Gasteiger partial charge on any atom is 0.0939 e. The van der Waals surface area contributed by atoms with Crippen LogP contribution in [0.25, 0.3) is 0 Å². The molecule has 0 amide bonds. The maximum atomic E-state index is 9.80. The highest BCUT2D eigenvalue weighted by Crippen LogP contribution is 2.36. The van der Waals surface area contributed by atoms with Gasteiger partial charge in [0.1, 0.15) is 0 Å². The zero-order valence-corrected chi connectivity index (χ0v) is 7.75. The summed E-state index contributed by atoms with van der Waals surface area (Å²) in [4.78, 5) is 0. The molecule has 0 aliphatic heterocycles. The van der Waals surface area contributed by atoms with E-state index in [1.165, 1.54) is 12.8 Å². The van der Waals surface area contributed by atoms with Crippen LogP contribution in [0.1, 0.15) is 32.1 Å². The summed E-state index contributed by atoms with van der Waals surface area (Å²) in [5.74, 6) is 0. The molecule has 0 bridgehead atoms. The van der Waals surface area contributed by atoms with Gasteiger partial charge in [0.2, 0.25) is 0 Å². The molecule has 1 aliphatic carbocycles. The summed E-state index contributed by atoms with van der Waals surface area (Å²) in [5, 5.41) is 9.80. The van der Waals surface area contributed by atoms with Crippen molar-refractivity contribution < 1.29 is 9.84 Å². The van der Waals surface area contributed by atoms with Crippen LogP contribution in [0, 0.1) is 0 Å². The van der Waals surface area contributed by atoms with E-state index in [0.717, 1.165) is 12.8 Å². The van der Waals surface area contributed by atoms with E-state index in [2.05, 4.69) is 6.58 Å². The Bertz CT molecular complexity index is 148. The number of methoxy groups -OCH3 is 1. The van der Waals surface area contributed by atoms with E-state index >= 15 is 0 Å². The van der Waals surface area contributed by atoms with Crippen molar-refractivity contribution in [1.82, 2.24) is 0 Å². The second-order valence-corrected chi connectivity index (χ2v) is 3.52. The molecule has 70 valence electrons. The SMILES string of the molecule is C=CCC(O)C1(OC)CCCC1. The Morgan fingerprint density at radius 1 is 1.58 bits per heavy atom. The van der Waals surface area contributed by atoms with Crippen LogP contribution in [-0.4, -0.2) is 23.9 Å². The molecule has 0 aromatic rings. The molecule has 0 saturated heterocycles. The quantitative estimate of drug-likeness (QED) is 0.653. The fourth-order valence-electron chi connectivity index (χ4n) is 2.02. The van der Waals surface area contributed by atoms with E-state index in [1.807, 2.05) is 0 Å². The fourth-order valence-corrected chi connectivity index (χ4v) is 2.02. The van der Waals surface area contributed by atoms with Crippen LogP contribution in [0.2, 0.25) is 0 Å². The molecule has 1 atom stereocenters. The summed E-state index contributed by atoms with van der Waals surface area (Å²) >= 11 is 0. The molecular formula is C10H18O2. The van der Waals surface area contributed by atoms with E-state index in [-0.39, 0.29) is 11.7 Å². The van der Waals surface area contributed by atoms with Gasteiger partial charge >= 0.3 is 0 Å². The Morgan fingerprint density at radius 2 is 2.17 bits per heavy atom. The molecule has 0 heterocycles. The minimum atomic E-state index is -0.373. The van der Waals surface area contributed by atoms with Crippen molar-refractivity contribution in [3.63, 3.8) is 0 Å². The zero-order chi connectivity index (χ0) is 9.03. The molecule has 1 unspecified atom stereocenters. The smallest absolute Gasteiger partial charge is 0.0939 e. The predicted molar refractivity (Wildman–Crippen MR) is 49.0 cm³/mol. The Morgan fingerprint density at radius 3 is 2.58 bits per heavy atom. The minimum absolute atomic E-state index is 0.270. The van der Waals surface area contributed by atoms with Crippen molar-refractivity contribution in [3.05, 3.63) is 12.7 Å². The zero-order valence-electron chi connectivity index (χ0n) is 7.75. The molecule has 1 N–H and O–H groups in total. The minimum Gasteiger partial charge on any atom is -0.390 e. The first-order valence-electron chi connectivity index (χ1n) is 4.59. The average molecular weight is 170 g/mol. The molecule has 12 heavy (non-hydrogen) atoms. The second kappa shape index (κ2) is 4.06. The lowest BCUT2D eigenvalue weighted by atomic mass is 9.92. The first-order chi connectivity index (χ1) is 5.75. The van der Waals surface area contributed by atoms with Gasteiger partial charge < -0.3 is 9.84 Å². The molecule has 2 heteroatoms. The third-order valence-corrected chi connectivity index (χ3v) is 2.85. The highest BCUT2D eigenvalue weighted by molar-refractivity contribution is 4.95. The largest absolute Gasteiger partial charge is 0.390 e. The van der Waals surface area contributed by atoms with E-state index in [9.17, 15) is 5.11 Å². The Hall–Kier alpha value is -0.340. The van der Waals surface area contributed by atoms with Gasteiger partial charge in [0.15, 0.2) is 0 Å². The van der Waals surface area contributed by atoms with Crippen molar-refractivity contribution in [2.24, 2.45) is 0 Å². The molecule has 2 nitrogen and oxygen atoms in total. The van der Waals surface area contributed by atoms with Crippen molar-refractivity contribution in [2.45, 2.75) is 43.8 Å². The van der Waals surface area contributed by atoms with Crippen LogP contribution >= 0.6 is 0 Å². The van der Waals surface area contributed by atoms with Crippen LogP contribution in [0.3, 0.4) is 0 Å². The van der Waals surface area contributed by atoms with Gasteiger partial charge in [-0.2, -0.15) is 0 Å². The van der Waals surface area contributed by atoms with Crippen LogP contribution in [0.5, 0.6) is 0 Å². The lowest BCUT2D eigenvalue weighted by Crippen LogP contribution is -2.41. The normalized spacial score (nSPS) is 23.8. The van der Waals surface area contributed by atoms with Crippen LogP contribution in [0.4, 0.5) is 0 Å². The summed E-state index contributed by atoms with van der Waals surface area (Å²) in [5.41, 5.74) is -0.270. The number of aliphatic hydroxyl groups is 1. The predicted octanol–water partition coefficient (Wildman–Crippen LogP) is 1.88. The lowest BCUT2D eigenvalue weighted by molar-refractivity contribution is -0.0961. The summed E-state index contributed by atoms with van der Waals surface area (Å²) in [6.07, 6.45) is 6.32. The standard InChI is InChI=1S/C10H18O2/c1-3-6-9(11)10(12-2)7-4-5-8-10/h3,9,11H,1,4-8H2,2H3.